The molecule has 3 aromatic heterocycles. The van der Waals surface area contributed by atoms with Crippen LogP contribution in [0.4, 0.5) is 8.78 Å². The summed E-state index contributed by atoms with van der Waals surface area (Å²) in [5, 5.41) is 15.0. The van der Waals surface area contributed by atoms with E-state index in [4.69, 9.17) is 24.5 Å². The van der Waals surface area contributed by atoms with Gasteiger partial charge in [-0.1, -0.05) is 0 Å². The van der Waals surface area contributed by atoms with Crippen molar-refractivity contribution in [2.45, 2.75) is 89.1 Å². The molecule has 15 heteroatoms. The van der Waals surface area contributed by atoms with E-state index in [0.717, 1.165) is 69.7 Å². The molecule has 48 heavy (non-hydrogen) atoms. The molecule has 0 aromatic carbocycles. The van der Waals surface area contributed by atoms with E-state index < -0.39 is 12.0 Å². The number of nitrogens with zero attached hydrogens (tertiary/aromatic N) is 7. The van der Waals surface area contributed by atoms with Crippen LogP contribution in [0, 0.1) is 12.8 Å². The third-order valence-electron chi connectivity index (χ3n) is 9.82. The fraction of sp³-hybridized carbons (Fsp3) is 0.697. The number of piperidine rings is 1. The van der Waals surface area contributed by atoms with Crippen molar-refractivity contribution in [2.75, 3.05) is 52.6 Å². The van der Waals surface area contributed by atoms with Gasteiger partial charge in [-0.2, -0.15) is 10.2 Å². The highest BCUT2D eigenvalue weighted by molar-refractivity contribution is 5.92. The molecule has 1 unspecified atom stereocenters. The predicted molar refractivity (Wildman–Crippen MR) is 172 cm³/mol. The zero-order valence-corrected chi connectivity index (χ0v) is 27.7. The number of hydrogen-bond acceptors (Lipinski definition) is 9. The van der Waals surface area contributed by atoms with Gasteiger partial charge >= 0.3 is 0 Å². The summed E-state index contributed by atoms with van der Waals surface area (Å²) in [6.07, 6.45) is 8.28. The Morgan fingerprint density at radius 1 is 1.06 bits per heavy atom. The number of aryl methyl sites for hydroxylation is 1. The Kier molecular flexibility index (Phi) is 11.3. The van der Waals surface area contributed by atoms with Gasteiger partial charge in [-0.05, 0) is 57.4 Å². The zero-order chi connectivity index (χ0) is 33.5. The fourth-order valence-electron chi connectivity index (χ4n) is 6.97. The Labute approximate surface area is 279 Å². The van der Waals surface area contributed by atoms with E-state index in [0.29, 0.717) is 50.1 Å². The molecule has 262 valence electrons. The summed E-state index contributed by atoms with van der Waals surface area (Å²) in [6.45, 7) is 8.64. The lowest BCUT2D eigenvalue weighted by Gasteiger charge is -2.33. The van der Waals surface area contributed by atoms with Crippen LogP contribution in [0.5, 0.6) is 0 Å². The molecule has 3 saturated heterocycles. The van der Waals surface area contributed by atoms with E-state index in [1.165, 1.54) is 0 Å². The smallest absolute Gasteiger partial charge is 0.270 e. The highest BCUT2D eigenvalue weighted by atomic mass is 19.3. The molecule has 1 aliphatic carbocycles. The summed E-state index contributed by atoms with van der Waals surface area (Å²) in [7, 11) is 0. The summed E-state index contributed by atoms with van der Waals surface area (Å²) < 4.78 is 42.5. The normalized spacial score (nSPS) is 21.7. The van der Waals surface area contributed by atoms with E-state index in [1.54, 1.807) is 27.7 Å². The van der Waals surface area contributed by atoms with E-state index in [-0.39, 0.29) is 49.3 Å². The second-order valence-electron chi connectivity index (χ2n) is 13.2. The Hall–Kier alpha value is -3.56. The first-order chi connectivity index (χ1) is 23.3. The molecule has 7 rings (SSSR count). The number of halogens is 2. The number of hydrogen-bond donors (Lipinski definition) is 2. The molecule has 13 nitrogen and oxygen atoms in total. The van der Waals surface area contributed by atoms with Crippen LogP contribution < -0.4 is 10.6 Å². The lowest BCUT2D eigenvalue weighted by Crippen LogP contribution is -2.40. The standard InChI is InChI=1S/C28H38F2N8O3.C5H9NO/c1-19-24(21-5-14-40-15-6-21)34-27-32-22(18-38(27)35-19)25(20-2-7-28(29,30)8-3-20)33-26(39)23-4-9-31-37(23)11-10-36-12-16-41-17-13-36;7-5-3-1-2-4-6-5/h4,9,18,20-21,25H,2-3,5-8,10-17H2,1H3,(H,33,39);1-4H2,(H,6,7). The first kappa shape index (κ1) is 34.3. The van der Waals surface area contributed by atoms with Crippen LogP contribution in [0.3, 0.4) is 0 Å². The van der Waals surface area contributed by atoms with E-state index >= 15 is 0 Å². The van der Waals surface area contributed by atoms with Gasteiger partial charge in [-0.3, -0.25) is 19.2 Å². The SMILES string of the molecule is Cc1nn2cc(C(NC(=O)c3ccnn3CCN3CCOCC3)C3CCC(F)(F)CC3)nc2nc1C1CCOCC1.O=C1CCCCN1. The second kappa shape index (κ2) is 15.8. The van der Waals surface area contributed by atoms with E-state index in [9.17, 15) is 18.4 Å². The quantitative estimate of drug-likeness (QED) is 0.369. The zero-order valence-electron chi connectivity index (χ0n) is 27.7. The molecule has 0 spiro atoms. The van der Waals surface area contributed by atoms with Crippen LogP contribution in [-0.2, 0) is 20.8 Å². The molecular formula is C33H47F2N9O4. The number of rotatable bonds is 8. The molecule has 0 radical (unpaired) electrons. The molecule has 6 heterocycles. The number of aromatic nitrogens is 6. The van der Waals surface area contributed by atoms with Crippen LogP contribution in [0.1, 0.15) is 97.3 Å². The molecule has 1 atom stereocenters. The third kappa shape index (κ3) is 8.72. The number of carbonyl (C=O) groups excluding carboxylic acids is 2. The van der Waals surface area contributed by atoms with Crippen molar-refractivity contribution in [2.24, 2.45) is 5.92 Å². The van der Waals surface area contributed by atoms with Crippen molar-refractivity contribution in [1.82, 2.24) is 44.9 Å². The highest BCUT2D eigenvalue weighted by Crippen LogP contribution is 2.41. The minimum absolute atomic E-state index is 0.190. The van der Waals surface area contributed by atoms with Crippen molar-refractivity contribution in [3.63, 3.8) is 0 Å². The second-order valence-corrected chi connectivity index (χ2v) is 13.2. The molecule has 0 bridgehead atoms. The summed E-state index contributed by atoms with van der Waals surface area (Å²) in [5.41, 5.74) is 2.76. The van der Waals surface area contributed by atoms with Crippen molar-refractivity contribution in [3.05, 3.63) is 41.2 Å². The molecule has 2 amide bonds. The number of nitrogens with one attached hydrogen (secondary N) is 2. The maximum atomic E-state index is 14.1. The molecular weight excluding hydrogens is 624 g/mol. The van der Waals surface area contributed by atoms with Gasteiger partial charge in [0.2, 0.25) is 11.8 Å². The van der Waals surface area contributed by atoms with Gasteiger partial charge in [0.25, 0.3) is 11.7 Å². The Morgan fingerprint density at radius 3 is 2.50 bits per heavy atom. The van der Waals surface area contributed by atoms with Crippen LogP contribution in [-0.4, -0.2) is 105 Å². The summed E-state index contributed by atoms with van der Waals surface area (Å²) >= 11 is 0. The first-order valence-corrected chi connectivity index (χ1v) is 17.3. The molecule has 1 saturated carbocycles. The number of carbonyl (C=O) groups is 2. The van der Waals surface area contributed by atoms with Crippen molar-refractivity contribution >= 4 is 17.6 Å². The Morgan fingerprint density at radius 2 is 1.81 bits per heavy atom. The average molecular weight is 672 g/mol. The van der Waals surface area contributed by atoms with Crippen molar-refractivity contribution in [3.8, 4) is 0 Å². The lowest BCUT2D eigenvalue weighted by molar-refractivity contribution is -0.122. The number of fused-ring (bicyclic) bond motifs is 1. The van der Waals surface area contributed by atoms with Gasteiger partial charge in [0.15, 0.2) is 0 Å². The highest BCUT2D eigenvalue weighted by Gasteiger charge is 2.39. The summed E-state index contributed by atoms with van der Waals surface area (Å²) in [4.78, 5) is 35.9. The van der Waals surface area contributed by atoms with E-state index in [2.05, 4.69) is 20.6 Å². The van der Waals surface area contributed by atoms with Gasteiger partial charge in [0.1, 0.15) is 5.69 Å². The summed E-state index contributed by atoms with van der Waals surface area (Å²) in [6, 6.07) is 1.13. The number of morpholine rings is 1. The van der Waals surface area contributed by atoms with Gasteiger partial charge in [-0.25, -0.2) is 23.3 Å². The topological polar surface area (TPSA) is 141 Å². The van der Waals surface area contributed by atoms with Gasteiger partial charge in [0.05, 0.1) is 49.1 Å². The van der Waals surface area contributed by atoms with Crippen LogP contribution in [0.15, 0.2) is 18.5 Å². The van der Waals surface area contributed by atoms with Crippen LogP contribution >= 0.6 is 0 Å². The minimum Gasteiger partial charge on any atom is -0.381 e. The fourth-order valence-corrected chi connectivity index (χ4v) is 6.97. The number of imidazole rings is 1. The van der Waals surface area contributed by atoms with Crippen molar-refractivity contribution in [1.29, 1.82) is 0 Å². The van der Waals surface area contributed by atoms with E-state index in [1.807, 2.05) is 6.92 Å². The first-order valence-electron chi connectivity index (χ1n) is 17.3. The summed E-state index contributed by atoms with van der Waals surface area (Å²) in [5.74, 6) is -2.25. The largest absolute Gasteiger partial charge is 0.381 e. The average Bonchev–Trinajstić information content (AvgIpc) is 3.74. The van der Waals surface area contributed by atoms with Crippen LogP contribution in [0.25, 0.3) is 5.78 Å². The van der Waals surface area contributed by atoms with Crippen molar-refractivity contribution < 1.29 is 27.8 Å². The number of alkyl halides is 2. The molecule has 4 fully saturated rings. The van der Waals surface area contributed by atoms with Crippen LogP contribution in [0.2, 0.25) is 0 Å². The third-order valence-corrected chi connectivity index (χ3v) is 9.82. The monoisotopic (exact) mass is 671 g/mol. The number of amides is 2. The Balaban J connectivity index is 0.000000510. The Bertz CT molecular complexity index is 1520. The number of ether oxygens (including phenoxy) is 2. The maximum Gasteiger partial charge on any atom is 0.270 e. The minimum atomic E-state index is -2.68. The van der Waals surface area contributed by atoms with Gasteiger partial charge in [-0.15, -0.1) is 0 Å². The molecule has 3 aliphatic heterocycles. The predicted octanol–water partition coefficient (Wildman–Crippen LogP) is 3.44. The maximum absolute atomic E-state index is 14.1. The lowest BCUT2D eigenvalue weighted by atomic mass is 9.81. The van der Waals surface area contributed by atoms with Gasteiger partial charge < -0.3 is 20.1 Å². The molecule has 3 aromatic rings. The van der Waals surface area contributed by atoms with Gasteiger partial charge in [0, 0.05) is 70.8 Å². The molecule has 2 N–H and O–H groups in total. The molecule has 4 aliphatic rings.